The number of rotatable bonds is 8. The summed E-state index contributed by atoms with van der Waals surface area (Å²) in [4.78, 5) is 17.8. The van der Waals surface area contributed by atoms with Gasteiger partial charge < -0.3 is 10.1 Å². The Morgan fingerprint density at radius 1 is 1.16 bits per heavy atom. The largest absolute Gasteiger partial charge is 0.497 e. The molecule has 2 aromatic carbocycles. The van der Waals surface area contributed by atoms with Crippen molar-refractivity contribution in [3.8, 4) is 17.1 Å². The van der Waals surface area contributed by atoms with Crippen LogP contribution in [-0.2, 0) is 0 Å². The molecular formula is C25H23N5OS. The van der Waals surface area contributed by atoms with Gasteiger partial charge in [0.05, 0.1) is 24.2 Å². The Hall–Kier alpha value is -3.71. The Morgan fingerprint density at radius 2 is 2.06 bits per heavy atom. The van der Waals surface area contributed by atoms with E-state index in [4.69, 9.17) is 14.7 Å². The normalized spacial score (nSPS) is 11.4. The van der Waals surface area contributed by atoms with Crippen LogP contribution >= 0.6 is 11.8 Å². The molecule has 7 heteroatoms. The molecular weight excluding hydrogens is 418 g/mol. The Labute approximate surface area is 191 Å². The summed E-state index contributed by atoms with van der Waals surface area (Å²) in [5, 5.41) is 6.31. The van der Waals surface area contributed by atoms with Gasteiger partial charge in [-0.1, -0.05) is 23.8 Å². The molecule has 0 amide bonds. The van der Waals surface area contributed by atoms with E-state index in [1.54, 1.807) is 31.3 Å². The lowest BCUT2D eigenvalue weighted by Crippen LogP contribution is -2.03. The van der Waals surface area contributed by atoms with Crippen molar-refractivity contribution in [2.45, 2.75) is 6.92 Å². The van der Waals surface area contributed by atoms with Gasteiger partial charge in [-0.2, -0.15) is 0 Å². The molecule has 4 aromatic rings. The van der Waals surface area contributed by atoms with Gasteiger partial charge >= 0.3 is 0 Å². The van der Waals surface area contributed by atoms with Gasteiger partial charge in [0.1, 0.15) is 11.6 Å². The number of aryl methyl sites for hydroxylation is 1. The minimum Gasteiger partial charge on any atom is -0.497 e. The maximum Gasteiger partial charge on any atom is 0.163 e. The number of aliphatic imine (C=N–C) groups is 1. The van der Waals surface area contributed by atoms with Crippen molar-refractivity contribution in [3.05, 3.63) is 83.5 Å². The summed E-state index contributed by atoms with van der Waals surface area (Å²) in [6.07, 6.45) is 3.49. The van der Waals surface area contributed by atoms with Crippen molar-refractivity contribution < 1.29 is 4.74 Å². The van der Waals surface area contributed by atoms with Crippen LogP contribution in [0.25, 0.3) is 28.0 Å². The van der Waals surface area contributed by atoms with Gasteiger partial charge in [-0.15, -0.1) is 11.8 Å². The van der Waals surface area contributed by atoms with E-state index in [0.717, 1.165) is 39.3 Å². The first-order valence-electron chi connectivity index (χ1n) is 10.0. The summed E-state index contributed by atoms with van der Waals surface area (Å²) in [6.45, 7) is 5.78. The Kier molecular flexibility index (Phi) is 6.77. The summed E-state index contributed by atoms with van der Waals surface area (Å²) < 4.78 is 5.40. The van der Waals surface area contributed by atoms with Crippen LogP contribution in [0.4, 0.5) is 5.82 Å². The lowest BCUT2D eigenvalue weighted by atomic mass is 10.1. The first-order valence-corrected chi connectivity index (χ1v) is 11.1. The Bertz CT molecular complexity index is 1270. The van der Waals surface area contributed by atoms with Crippen LogP contribution in [0.5, 0.6) is 5.75 Å². The molecule has 1 N–H and O–H groups in total. The fourth-order valence-corrected chi connectivity index (χ4v) is 3.90. The summed E-state index contributed by atoms with van der Waals surface area (Å²) in [6, 6.07) is 17.8. The van der Waals surface area contributed by atoms with Crippen LogP contribution in [0.2, 0.25) is 0 Å². The smallest absolute Gasteiger partial charge is 0.163 e. The number of aromatic nitrogens is 3. The molecule has 0 radical (unpaired) electrons. The lowest BCUT2D eigenvalue weighted by molar-refractivity contribution is 0.415. The second-order valence-corrected chi connectivity index (χ2v) is 7.90. The van der Waals surface area contributed by atoms with Crippen LogP contribution < -0.4 is 10.1 Å². The maximum atomic E-state index is 5.40. The predicted molar refractivity (Wildman–Crippen MR) is 134 cm³/mol. The van der Waals surface area contributed by atoms with Gasteiger partial charge in [-0.3, -0.25) is 9.98 Å². The molecule has 6 nitrogen and oxygen atoms in total. The number of hydrogen-bond donors (Lipinski definition) is 1. The van der Waals surface area contributed by atoms with E-state index in [-0.39, 0.29) is 0 Å². The van der Waals surface area contributed by atoms with Gasteiger partial charge in [0.25, 0.3) is 0 Å². The molecule has 0 aliphatic rings. The first-order chi connectivity index (χ1) is 15.7. The molecule has 0 spiro atoms. The van der Waals surface area contributed by atoms with E-state index in [2.05, 4.69) is 41.1 Å². The zero-order valence-corrected chi connectivity index (χ0v) is 18.8. The first kappa shape index (κ1) is 21.5. The monoisotopic (exact) mass is 441 g/mol. The molecule has 0 saturated heterocycles. The van der Waals surface area contributed by atoms with Gasteiger partial charge in [0.2, 0.25) is 0 Å². The molecule has 0 saturated carbocycles. The standard InChI is InChI=1S/C25H23N5OS/c1-17-6-4-7-18(12-17)23(26-2)15-32-16-28-25-21-13-20(31-3)9-10-22(21)29-24(30-25)19-8-5-11-27-14-19/h4-15H,2,16H2,1,3H3,(H,28,29,30)/b23-15-. The molecule has 32 heavy (non-hydrogen) atoms. The number of ether oxygens (including phenoxy) is 1. The molecule has 0 aliphatic heterocycles. The molecule has 0 fully saturated rings. The van der Waals surface area contributed by atoms with E-state index in [1.807, 2.05) is 47.9 Å². The summed E-state index contributed by atoms with van der Waals surface area (Å²) in [5.74, 6) is 2.70. The fourth-order valence-electron chi connectivity index (χ4n) is 3.23. The fraction of sp³-hybridized carbons (Fsp3) is 0.120. The van der Waals surface area contributed by atoms with Crippen LogP contribution in [0.1, 0.15) is 11.1 Å². The van der Waals surface area contributed by atoms with Crippen molar-refractivity contribution >= 4 is 40.9 Å². The number of fused-ring (bicyclic) bond motifs is 1. The van der Waals surface area contributed by atoms with E-state index >= 15 is 0 Å². The number of nitrogens with zero attached hydrogens (tertiary/aromatic N) is 4. The van der Waals surface area contributed by atoms with Crippen LogP contribution in [0.3, 0.4) is 0 Å². The average Bonchev–Trinajstić information content (AvgIpc) is 2.84. The SMILES string of the molecule is C=N/C(=C\SCNc1nc(-c2cccnc2)nc2ccc(OC)cc12)c1cccc(C)c1. The van der Waals surface area contributed by atoms with Crippen molar-refractivity contribution in [3.63, 3.8) is 0 Å². The third-order valence-corrected chi connectivity index (χ3v) is 5.53. The highest BCUT2D eigenvalue weighted by Gasteiger charge is 2.11. The summed E-state index contributed by atoms with van der Waals surface area (Å²) >= 11 is 1.59. The quantitative estimate of drug-likeness (QED) is 0.211. The third-order valence-electron chi connectivity index (χ3n) is 4.82. The zero-order chi connectivity index (χ0) is 22.3. The summed E-state index contributed by atoms with van der Waals surface area (Å²) in [7, 11) is 1.65. The minimum atomic E-state index is 0.598. The molecule has 0 aliphatic carbocycles. The predicted octanol–water partition coefficient (Wildman–Crippen LogP) is 5.81. The lowest BCUT2D eigenvalue weighted by Gasteiger charge is -2.11. The van der Waals surface area contributed by atoms with Crippen molar-refractivity contribution in [2.75, 3.05) is 18.3 Å². The number of methoxy groups -OCH3 is 1. The van der Waals surface area contributed by atoms with Gasteiger partial charge in [-0.25, -0.2) is 9.97 Å². The van der Waals surface area contributed by atoms with Gasteiger partial charge in [-0.05, 0) is 55.4 Å². The van der Waals surface area contributed by atoms with Crippen molar-refractivity contribution in [1.29, 1.82) is 0 Å². The second kappa shape index (κ2) is 10.1. The number of anilines is 1. The molecule has 0 bridgehead atoms. The number of pyridine rings is 1. The highest BCUT2D eigenvalue weighted by atomic mass is 32.2. The molecule has 4 rings (SSSR count). The maximum absolute atomic E-state index is 5.40. The van der Waals surface area contributed by atoms with E-state index in [0.29, 0.717) is 11.7 Å². The number of hydrogen-bond acceptors (Lipinski definition) is 7. The Morgan fingerprint density at radius 3 is 2.81 bits per heavy atom. The molecule has 0 atom stereocenters. The zero-order valence-electron chi connectivity index (χ0n) is 17.9. The highest BCUT2D eigenvalue weighted by Crippen LogP contribution is 2.29. The highest BCUT2D eigenvalue weighted by molar-refractivity contribution is 8.02. The minimum absolute atomic E-state index is 0.598. The number of thioether (sulfide) groups is 1. The van der Waals surface area contributed by atoms with Gasteiger partial charge in [0, 0.05) is 28.9 Å². The topological polar surface area (TPSA) is 72.3 Å². The Balaban J connectivity index is 1.60. The third kappa shape index (κ3) is 4.95. The molecule has 2 aromatic heterocycles. The molecule has 0 unspecified atom stereocenters. The van der Waals surface area contributed by atoms with Crippen LogP contribution in [-0.4, -0.2) is 34.7 Å². The molecule has 2 heterocycles. The average molecular weight is 442 g/mol. The van der Waals surface area contributed by atoms with Crippen molar-refractivity contribution in [1.82, 2.24) is 15.0 Å². The second-order valence-electron chi connectivity index (χ2n) is 7.04. The van der Waals surface area contributed by atoms with Crippen LogP contribution in [0, 0.1) is 6.92 Å². The van der Waals surface area contributed by atoms with Crippen molar-refractivity contribution in [2.24, 2.45) is 4.99 Å². The van der Waals surface area contributed by atoms with E-state index in [9.17, 15) is 0 Å². The number of nitrogens with one attached hydrogen (secondary N) is 1. The number of benzene rings is 2. The van der Waals surface area contributed by atoms with E-state index < -0.39 is 0 Å². The van der Waals surface area contributed by atoms with Gasteiger partial charge in [0.15, 0.2) is 5.82 Å². The summed E-state index contributed by atoms with van der Waals surface area (Å²) in [5.41, 5.74) is 4.76. The molecule has 160 valence electrons. The van der Waals surface area contributed by atoms with Crippen LogP contribution in [0.15, 0.2) is 77.4 Å². The van der Waals surface area contributed by atoms with E-state index in [1.165, 1.54) is 5.56 Å².